The minimum atomic E-state index is -0.497. The highest BCUT2D eigenvalue weighted by molar-refractivity contribution is 8.08. The monoisotopic (exact) mass is 242 g/mol. The number of carbonyl (C=O) groups is 1. The lowest BCUT2D eigenvalue weighted by atomic mass is 10.1. The number of nitrogens with two attached hydrogens (primary N) is 1. The van der Waals surface area contributed by atoms with Crippen molar-refractivity contribution in [1.82, 2.24) is 0 Å². The van der Waals surface area contributed by atoms with Crippen LogP contribution in [0.4, 0.5) is 0 Å². The molecule has 5 heteroatoms. The van der Waals surface area contributed by atoms with Crippen molar-refractivity contribution in [2.45, 2.75) is 39.5 Å². The van der Waals surface area contributed by atoms with E-state index in [-0.39, 0.29) is 11.5 Å². The molecule has 0 saturated carbocycles. The van der Waals surface area contributed by atoms with Crippen LogP contribution in [-0.4, -0.2) is 12.6 Å². The van der Waals surface area contributed by atoms with E-state index in [4.69, 9.17) is 15.7 Å². The number of carbonyl (C=O) groups excluding carboxylic acids is 1. The van der Waals surface area contributed by atoms with E-state index >= 15 is 0 Å². The van der Waals surface area contributed by atoms with Crippen LogP contribution in [0.15, 0.2) is 10.6 Å². The topological polar surface area (TPSA) is 76.1 Å². The van der Waals surface area contributed by atoms with Crippen molar-refractivity contribution < 1.29 is 9.53 Å². The van der Waals surface area contributed by atoms with Crippen molar-refractivity contribution in [3.8, 4) is 5.40 Å². The van der Waals surface area contributed by atoms with Crippen LogP contribution in [0.5, 0.6) is 0 Å². The Morgan fingerprint density at radius 1 is 1.44 bits per heavy atom. The third kappa shape index (κ3) is 5.66. The van der Waals surface area contributed by atoms with Gasteiger partial charge in [0.1, 0.15) is 10.3 Å². The molecule has 0 aliphatic heterocycles. The Morgan fingerprint density at radius 3 is 2.62 bits per heavy atom. The average Bonchev–Trinajstić information content (AvgIpc) is 2.26. The van der Waals surface area contributed by atoms with Gasteiger partial charge in [-0.2, -0.15) is 5.26 Å². The fraction of sp³-hybridized carbons (Fsp3) is 0.636. The highest BCUT2D eigenvalue weighted by Crippen LogP contribution is 2.21. The van der Waals surface area contributed by atoms with E-state index in [2.05, 4.69) is 6.92 Å². The fourth-order valence-corrected chi connectivity index (χ4v) is 1.63. The second-order valence-corrected chi connectivity index (χ2v) is 4.02. The van der Waals surface area contributed by atoms with Crippen molar-refractivity contribution in [3.05, 3.63) is 10.6 Å². The van der Waals surface area contributed by atoms with Gasteiger partial charge in [-0.05, 0) is 31.5 Å². The van der Waals surface area contributed by atoms with Gasteiger partial charge in [0.15, 0.2) is 0 Å². The first-order valence-electron chi connectivity index (χ1n) is 5.39. The molecular weight excluding hydrogens is 224 g/mol. The SMILES string of the molecule is CCCCC/C(N)=C(\SC#N)C(=O)OCC. The highest BCUT2D eigenvalue weighted by atomic mass is 32.2. The summed E-state index contributed by atoms with van der Waals surface area (Å²) >= 11 is 0.776. The Balaban J connectivity index is 4.52. The lowest BCUT2D eigenvalue weighted by molar-refractivity contribution is -0.137. The fourth-order valence-electron chi connectivity index (χ4n) is 1.16. The summed E-state index contributed by atoms with van der Waals surface area (Å²) in [6.07, 6.45) is 3.72. The molecule has 0 saturated heterocycles. The predicted octanol–water partition coefficient (Wildman–Crippen LogP) is 2.51. The molecule has 0 aliphatic rings. The Kier molecular flexibility index (Phi) is 8.45. The molecule has 0 heterocycles. The quantitative estimate of drug-likeness (QED) is 0.321. The Hall–Kier alpha value is -1.15. The first-order chi connectivity index (χ1) is 7.67. The van der Waals surface area contributed by atoms with Gasteiger partial charge >= 0.3 is 5.97 Å². The van der Waals surface area contributed by atoms with E-state index in [0.29, 0.717) is 12.1 Å². The molecule has 90 valence electrons. The van der Waals surface area contributed by atoms with Crippen LogP contribution in [-0.2, 0) is 9.53 Å². The van der Waals surface area contributed by atoms with Crippen molar-refractivity contribution in [1.29, 1.82) is 5.26 Å². The summed E-state index contributed by atoms with van der Waals surface area (Å²) in [6.45, 7) is 4.10. The van der Waals surface area contributed by atoms with Crippen molar-refractivity contribution in [2.75, 3.05) is 6.61 Å². The Morgan fingerprint density at radius 2 is 2.12 bits per heavy atom. The number of ether oxygens (including phenoxy) is 1. The molecule has 0 fully saturated rings. The zero-order valence-corrected chi connectivity index (χ0v) is 10.6. The average molecular weight is 242 g/mol. The van der Waals surface area contributed by atoms with Gasteiger partial charge in [-0.25, -0.2) is 4.79 Å². The number of thioether (sulfide) groups is 1. The third-order valence-electron chi connectivity index (χ3n) is 1.95. The molecule has 0 amide bonds. The maximum Gasteiger partial charge on any atom is 0.347 e. The normalized spacial score (nSPS) is 11.6. The van der Waals surface area contributed by atoms with Gasteiger partial charge in [-0.15, -0.1) is 0 Å². The first-order valence-corrected chi connectivity index (χ1v) is 6.20. The van der Waals surface area contributed by atoms with Crippen LogP contribution < -0.4 is 5.73 Å². The number of nitriles is 1. The molecule has 0 aromatic rings. The maximum absolute atomic E-state index is 11.5. The molecular formula is C11H18N2O2S. The summed E-state index contributed by atoms with van der Waals surface area (Å²) < 4.78 is 4.84. The molecule has 0 aromatic heterocycles. The Labute approximate surface area is 101 Å². The number of nitrogens with zero attached hydrogens (tertiary/aromatic N) is 1. The van der Waals surface area contributed by atoms with Gasteiger partial charge in [-0.3, -0.25) is 0 Å². The molecule has 0 radical (unpaired) electrons. The molecule has 4 nitrogen and oxygen atoms in total. The summed E-state index contributed by atoms with van der Waals surface area (Å²) in [5, 5.41) is 10.4. The van der Waals surface area contributed by atoms with Crippen LogP contribution >= 0.6 is 11.8 Å². The van der Waals surface area contributed by atoms with Gasteiger partial charge < -0.3 is 10.5 Å². The van der Waals surface area contributed by atoms with Gasteiger partial charge in [0.25, 0.3) is 0 Å². The summed E-state index contributed by atoms with van der Waals surface area (Å²) in [7, 11) is 0. The number of allylic oxidation sites excluding steroid dienone is 1. The van der Waals surface area contributed by atoms with E-state index in [1.54, 1.807) is 6.92 Å². The lowest BCUT2D eigenvalue weighted by Gasteiger charge is -2.07. The molecule has 16 heavy (non-hydrogen) atoms. The number of hydrogen-bond donors (Lipinski definition) is 1. The van der Waals surface area contributed by atoms with Crippen LogP contribution in [0.25, 0.3) is 0 Å². The van der Waals surface area contributed by atoms with E-state index in [1.807, 2.05) is 5.40 Å². The van der Waals surface area contributed by atoms with Crippen LogP contribution in [0, 0.1) is 10.7 Å². The van der Waals surface area contributed by atoms with Gasteiger partial charge in [0.05, 0.1) is 6.61 Å². The largest absolute Gasteiger partial charge is 0.462 e. The summed E-state index contributed by atoms with van der Waals surface area (Å²) in [4.78, 5) is 11.7. The summed E-state index contributed by atoms with van der Waals surface area (Å²) in [6, 6.07) is 0. The second kappa shape index (κ2) is 9.10. The molecule has 0 spiro atoms. The van der Waals surface area contributed by atoms with Crippen LogP contribution in [0.3, 0.4) is 0 Å². The van der Waals surface area contributed by atoms with E-state index < -0.39 is 5.97 Å². The van der Waals surface area contributed by atoms with Gasteiger partial charge in [0, 0.05) is 5.70 Å². The number of unbranched alkanes of at least 4 members (excludes halogenated alkanes) is 2. The third-order valence-corrected chi connectivity index (χ3v) is 2.67. The molecule has 2 N–H and O–H groups in total. The summed E-state index contributed by atoms with van der Waals surface area (Å²) in [5.74, 6) is -0.497. The van der Waals surface area contributed by atoms with Crippen molar-refractivity contribution in [3.63, 3.8) is 0 Å². The first kappa shape index (κ1) is 14.8. The number of esters is 1. The molecule has 0 aliphatic carbocycles. The van der Waals surface area contributed by atoms with Crippen molar-refractivity contribution in [2.24, 2.45) is 5.73 Å². The number of rotatable bonds is 7. The molecule has 0 rings (SSSR count). The molecule has 0 unspecified atom stereocenters. The predicted molar refractivity (Wildman–Crippen MR) is 65.2 cm³/mol. The van der Waals surface area contributed by atoms with Crippen LogP contribution in [0.1, 0.15) is 39.5 Å². The van der Waals surface area contributed by atoms with Gasteiger partial charge in [0.2, 0.25) is 0 Å². The standard InChI is InChI=1S/C11H18N2O2S/c1-3-5-6-7-9(13)10(16-8-12)11(14)15-4-2/h3-7,13H2,1-2H3/b10-9+. The maximum atomic E-state index is 11.5. The minimum Gasteiger partial charge on any atom is -0.462 e. The minimum absolute atomic E-state index is 0.237. The Bertz CT molecular complexity index is 295. The van der Waals surface area contributed by atoms with Crippen LogP contribution in [0.2, 0.25) is 0 Å². The number of thiocyanates is 1. The van der Waals surface area contributed by atoms with E-state index in [0.717, 1.165) is 31.0 Å². The molecule has 0 atom stereocenters. The lowest BCUT2D eigenvalue weighted by Crippen LogP contribution is -2.12. The molecule has 0 aromatic carbocycles. The smallest absolute Gasteiger partial charge is 0.347 e. The number of hydrogen-bond acceptors (Lipinski definition) is 5. The zero-order valence-electron chi connectivity index (χ0n) is 9.78. The zero-order chi connectivity index (χ0) is 12.4. The summed E-state index contributed by atoms with van der Waals surface area (Å²) in [5.41, 5.74) is 6.24. The van der Waals surface area contributed by atoms with Crippen molar-refractivity contribution >= 4 is 17.7 Å². The highest BCUT2D eigenvalue weighted by Gasteiger charge is 2.15. The van der Waals surface area contributed by atoms with E-state index in [1.165, 1.54) is 0 Å². The molecule has 0 bridgehead atoms. The second-order valence-electron chi connectivity index (χ2n) is 3.23. The van der Waals surface area contributed by atoms with E-state index in [9.17, 15) is 4.79 Å². The van der Waals surface area contributed by atoms with Gasteiger partial charge in [-0.1, -0.05) is 19.8 Å².